The van der Waals surface area contributed by atoms with Gasteiger partial charge in [-0.05, 0) is 37.8 Å². The molecular formula is C12H17ClF2N2O3S2. The van der Waals surface area contributed by atoms with E-state index in [0.717, 1.165) is 36.8 Å². The molecule has 0 aliphatic carbocycles. The van der Waals surface area contributed by atoms with Crippen molar-refractivity contribution in [2.45, 2.75) is 42.5 Å². The van der Waals surface area contributed by atoms with Crippen LogP contribution in [0.3, 0.4) is 0 Å². The van der Waals surface area contributed by atoms with Gasteiger partial charge in [0.1, 0.15) is 4.88 Å². The average molecular weight is 375 g/mol. The lowest BCUT2D eigenvalue weighted by atomic mass is 10.00. The highest BCUT2D eigenvalue weighted by molar-refractivity contribution is 7.92. The first-order valence-corrected chi connectivity index (χ1v) is 8.90. The zero-order chi connectivity index (χ0) is 15.6. The van der Waals surface area contributed by atoms with Gasteiger partial charge >= 0.3 is 5.76 Å². The Hall–Kier alpha value is -0.770. The molecule has 0 aromatic carbocycles. The molecule has 1 saturated heterocycles. The normalized spacial score (nSPS) is 22.2. The summed E-state index contributed by atoms with van der Waals surface area (Å²) in [6.45, 7) is 2.77. The van der Waals surface area contributed by atoms with Gasteiger partial charge in [0.2, 0.25) is 9.84 Å². The van der Waals surface area contributed by atoms with Gasteiger partial charge in [0.15, 0.2) is 0 Å². The molecule has 2 N–H and O–H groups in total. The van der Waals surface area contributed by atoms with E-state index < -0.39 is 26.4 Å². The van der Waals surface area contributed by atoms with Crippen LogP contribution in [0.15, 0.2) is 16.3 Å². The van der Waals surface area contributed by atoms with Crippen LogP contribution in [0.2, 0.25) is 0 Å². The van der Waals surface area contributed by atoms with Crippen LogP contribution in [0.25, 0.3) is 0 Å². The van der Waals surface area contributed by atoms with Gasteiger partial charge in [-0.3, -0.25) is 4.79 Å². The minimum atomic E-state index is -4.76. The predicted molar refractivity (Wildman–Crippen MR) is 82.7 cm³/mol. The van der Waals surface area contributed by atoms with E-state index in [9.17, 15) is 22.0 Å². The van der Waals surface area contributed by atoms with Crippen molar-refractivity contribution in [1.82, 2.24) is 10.6 Å². The number of hydrogen-bond acceptors (Lipinski definition) is 5. The van der Waals surface area contributed by atoms with E-state index in [0.29, 0.717) is 0 Å². The maximum Gasteiger partial charge on any atom is 0.341 e. The molecule has 1 aromatic heterocycles. The van der Waals surface area contributed by atoms with E-state index in [4.69, 9.17) is 0 Å². The number of hydrogen-bond donors (Lipinski definition) is 2. The van der Waals surface area contributed by atoms with Crippen molar-refractivity contribution in [3.8, 4) is 0 Å². The highest BCUT2D eigenvalue weighted by Gasteiger charge is 2.33. The number of carbonyl (C=O) groups is 1. The number of sulfone groups is 1. The fourth-order valence-corrected chi connectivity index (χ4v) is 4.33. The van der Waals surface area contributed by atoms with Crippen molar-refractivity contribution in [3.05, 3.63) is 16.3 Å². The van der Waals surface area contributed by atoms with Gasteiger partial charge in [0, 0.05) is 12.1 Å². The van der Waals surface area contributed by atoms with E-state index in [-0.39, 0.29) is 29.4 Å². The molecule has 1 aliphatic heterocycles. The molecule has 22 heavy (non-hydrogen) atoms. The second-order valence-corrected chi connectivity index (χ2v) is 7.69. The predicted octanol–water partition coefficient (Wildman–Crippen LogP) is 2.04. The second kappa shape index (κ2) is 7.67. The summed E-state index contributed by atoms with van der Waals surface area (Å²) >= 11 is 0.847. The lowest BCUT2D eigenvalue weighted by Crippen LogP contribution is -2.51. The van der Waals surface area contributed by atoms with Crippen molar-refractivity contribution in [1.29, 1.82) is 0 Å². The molecule has 10 heteroatoms. The molecule has 2 rings (SSSR count). The van der Waals surface area contributed by atoms with Crippen LogP contribution in [0.5, 0.6) is 0 Å². The fraction of sp³-hybridized carbons (Fsp3) is 0.583. The Balaban J connectivity index is 0.00000242. The summed E-state index contributed by atoms with van der Waals surface area (Å²) in [5, 5.41) is 7.24. The Morgan fingerprint density at radius 3 is 2.77 bits per heavy atom. The SMILES string of the molecule is CC1NCCCC1NC(=O)c1sccc1S(=O)(=O)C(F)F.Cl. The van der Waals surface area contributed by atoms with Crippen LogP contribution >= 0.6 is 23.7 Å². The molecule has 0 spiro atoms. The molecule has 2 atom stereocenters. The molecule has 0 saturated carbocycles. The van der Waals surface area contributed by atoms with Crippen LogP contribution in [-0.2, 0) is 9.84 Å². The lowest BCUT2D eigenvalue weighted by Gasteiger charge is -2.30. The van der Waals surface area contributed by atoms with Crippen molar-refractivity contribution in [3.63, 3.8) is 0 Å². The Kier molecular flexibility index (Phi) is 6.72. The van der Waals surface area contributed by atoms with E-state index in [1.807, 2.05) is 6.92 Å². The molecule has 2 unspecified atom stereocenters. The third-order valence-corrected chi connectivity index (χ3v) is 5.92. The van der Waals surface area contributed by atoms with Gasteiger partial charge in [0.25, 0.3) is 5.91 Å². The Morgan fingerprint density at radius 2 is 2.18 bits per heavy atom. The standard InChI is InChI=1S/C12H16F2N2O3S2.ClH/c1-7-8(3-2-5-15-7)16-11(17)10-9(4-6-20-10)21(18,19)12(13)14;/h4,6-8,12,15H,2-3,5H2,1H3,(H,16,17);1H. The molecule has 2 heterocycles. The number of thiophene rings is 1. The number of halogens is 3. The van der Waals surface area contributed by atoms with E-state index in [2.05, 4.69) is 10.6 Å². The molecule has 1 amide bonds. The summed E-state index contributed by atoms with van der Waals surface area (Å²) in [6, 6.07) is 0.956. The second-order valence-electron chi connectivity index (χ2n) is 4.88. The van der Waals surface area contributed by atoms with E-state index in [1.54, 1.807) is 0 Å². The number of amides is 1. The first-order chi connectivity index (χ1) is 9.84. The minimum absolute atomic E-state index is 0. The third kappa shape index (κ3) is 3.95. The van der Waals surface area contributed by atoms with Gasteiger partial charge in [-0.25, -0.2) is 8.42 Å². The van der Waals surface area contributed by atoms with Crippen LogP contribution in [0.4, 0.5) is 8.78 Å². The number of piperidine rings is 1. The number of alkyl halides is 2. The molecule has 1 aliphatic rings. The van der Waals surface area contributed by atoms with Crippen LogP contribution in [-0.4, -0.2) is 38.7 Å². The summed E-state index contributed by atoms with van der Waals surface area (Å²) in [5.74, 6) is -4.15. The Bertz CT molecular complexity index is 622. The largest absolute Gasteiger partial charge is 0.347 e. The summed E-state index contributed by atoms with van der Waals surface area (Å²) in [5.41, 5.74) is 0. The fourth-order valence-electron chi connectivity index (χ4n) is 2.26. The number of rotatable bonds is 4. The van der Waals surface area contributed by atoms with Crippen molar-refractivity contribution in [2.24, 2.45) is 0 Å². The summed E-state index contributed by atoms with van der Waals surface area (Å²) in [6.07, 6.45) is 1.66. The van der Waals surface area contributed by atoms with Crippen LogP contribution < -0.4 is 10.6 Å². The quantitative estimate of drug-likeness (QED) is 0.845. The summed E-state index contributed by atoms with van der Waals surface area (Å²) < 4.78 is 48.3. The molecule has 0 bridgehead atoms. The van der Waals surface area contributed by atoms with Crippen molar-refractivity contribution in [2.75, 3.05) is 6.54 Å². The number of nitrogens with one attached hydrogen (secondary N) is 2. The van der Waals surface area contributed by atoms with Crippen LogP contribution in [0, 0.1) is 0 Å². The zero-order valence-electron chi connectivity index (χ0n) is 11.7. The molecule has 126 valence electrons. The number of carbonyl (C=O) groups excluding carboxylic acids is 1. The Labute approximate surface area is 137 Å². The maximum absolute atomic E-state index is 12.6. The van der Waals surface area contributed by atoms with Crippen molar-refractivity contribution < 1.29 is 22.0 Å². The summed E-state index contributed by atoms with van der Waals surface area (Å²) in [4.78, 5) is 11.4. The van der Waals surface area contributed by atoms with E-state index >= 15 is 0 Å². The van der Waals surface area contributed by atoms with Gasteiger partial charge in [0.05, 0.1) is 4.90 Å². The average Bonchev–Trinajstić information content (AvgIpc) is 2.91. The third-order valence-electron chi connectivity index (χ3n) is 3.45. The van der Waals surface area contributed by atoms with Crippen molar-refractivity contribution >= 4 is 39.5 Å². The first kappa shape index (κ1) is 19.3. The highest BCUT2D eigenvalue weighted by atomic mass is 35.5. The molecule has 5 nitrogen and oxygen atoms in total. The van der Waals surface area contributed by atoms with Gasteiger partial charge in [-0.15, -0.1) is 23.7 Å². The smallest absolute Gasteiger partial charge is 0.341 e. The van der Waals surface area contributed by atoms with Crippen LogP contribution in [0.1, 0.15) is 29.4 Å². The van der Waals surface area contributed by atoms with Gasteiger partial charge in [-0.2, -0.15) is 8.78 Å². The highest BCUT2D eigenvalue weighted by Crippen LogP contribution is 2.27. The van der Waals surface area contributed by atoms with Gasteiger partial charge in [-0.1, -0.05) is 0 Å². The molecule has 1 fully saturated rings. The molecule has 1 aromatic rings. The first-order valence-electron chi connectivity index (χ1n) is 6.48. The zero-order valence-corrected chi connectivity index (χ0v) is 14.2. The van der Waals surface area contributed by atoms with Gasteiger partial charge < -0.3 is 10.6 Å². The molecular weight excluding hydrogens is 358 g/mol. The monoisotopic (exact) mass is 374 g/mol. The Morgan fingerprint density at radius 1 is 1.50 bits per heavy atom. The minimum Gasteiger partial charge on any atom is -0.347 e. The molecule has 0 radical (unpaired) electrons. The summed E-state index contributed by atoms with van der Waals surface area (Å²) in [7, 11) is -4.76. The lowest BCUT2D eigenvalue weighted by molar-refractivity contribution is 0.0921. The van der Waals surface area contributed by atoms with E-state index in [1.165, 1.54) is 5.38 Å². The maximum atomic E-state index is 12.6. The topological polar surface area (TPSA) is 75.3 Å².